The van der Waals surface area contributed by atoms with E-state index in [0.717, 1.165) is 43.9 Å². The second kappa shape index (κ2) is 11.4. The average molecular weight is 463 g/mol. The van der Waals surface area contributed by atoms with Gasteiger partial charge >= 0.3 is 5.97 Å². The van der Waals surface area contributed by atoms with E-state index in [2.05, 4.69) is 14.9 Å². The molecule has 1 aliphatic rings. The average Bonchev–Trinajstić information content (AvgIpc) is 3.27. The Balaban J connectivity index is 1.68. The van der Waals surface area contributed by atoms with Crippen LogP contribution in [0.15, 0.2) is 18.2 Å². The van der Waals surface area contributed by atoms with E-state index in [-0.39, 0.29) is 35.4 Å². The molecule has 1 aromatic heterocycles. The molecule has 2 amide bonds. The van der Waals surface area contributed by atoms with Crippen molar-refractivity contribution in [3.05, 3.63) is 29.5 Å². The molecule has 172 valence electrons. The van der Waals surface area contributed by atoms with E-state index in [1.165, 1.54) is 6.07 Å². The first-order valence-corrected chi connectivity index (χ1v) is 11.3. The molecule has 11 heteroatoms. The Hall–Kier alpha value is -3.21. The largest absolute Gasteiger partial charge is 0.490 e. The minimum atomic E-state index is -0.659. The number of nitrogens with one attached hydrogen (secondary N) is 1. The summed E-state index contributed by atoms with van der Waals surface area (Å²) in [5.41, 5.74) is 0.234. The summed E-state index contributed by atoms with van der Waals surface area (Å²) in [6.07, 6.45) is 3.15. The topological polar surface area (TPSA) is 120 Å². The number of likely N-dealkylation sites (tertiary alicyclic amines) is 1. The Morgan fingerprint density at radius 1 is 1.06 bits per heavy atom. The zero-order chi connectivity index (χ0) is 22.9. The van der Waals surface area contributed by atoms with E-state index >= 15 is 0 Å². The number of rotatable bonds is 9. The van der Waals surface area contributed by atoms with Crippen LogP contribution in [0.3, 0.4) is 0 Å². The highest BCUT2D eigenvalue weighted by atomic mass is 32.1. The van der Waals surface area contributed by atoms with Gasteiger partial charge < -0.3 is 24.4 Å². The number of piperidine rings is 1. The Morgan fingerprint density at radius 2 is 1.84 bits per heavy atom. The molecule has 0 atom stereocenters. The second-order valence-electron chi connectivity index (χ2n) is 6.95. The maximum atomic E-state index is 12.7. The summed E-state index contributed by atoms with van der Waals surface area (Å²) in [5, 5.41) is 6.54. The fourth-order valence-electron chi connectivity index (χ4n) is 3.19. The molecule has 0 aliphatic carbocycles. The van der Waals surface area contributed by atoms with Crippen molar-refractivity contribution in [2.75, 3.05) is 38.2 Å². The number of aromatic nitrogens is 2. The lowest BCUT2D eigenvalue weighted by Crippen LogP contribution is -2.38. The molecule has 1 N–H and O–H groups in total. The predicted molar refractivity (Wildman–Crippen MR) is 117 cm³/mol. The molecule has 2 heterocycles. The minimum absolute atomic E-state index is 0.0496. The monoisotopic (exact) mass is 462 g/mol. The van der Waals surface area contributed by atoms with Crippen molar-refractivity contribution in [3.8, 4) is 11.5 Å². The molecule has 0 saturated carbocycles. The van der Waals surface area contributed by atoms with Crippen LogP contribution in [0.5, 0.6) is 11.5 Å². The highest BCUT2D eigenvalue weighted by Crippen LogP contribution is 2.29. The molecule has 1 aromatic carbocycles. The molecule has 0 radical (unpaired) electrons. The van der Waals surface area contributed by atoms with Gasteiger partial charge in [-0.25, -0.2) is 4.79 Å². The fraction of sp³-hybridized carbons (Fsp3) is 0.476. The molecule has 2 aromatic rings. The smallest absolute Gasteiger partial charge is 0.362 e. The highest BCUT2D eigenvalue weighted by Gasteiger charge is 2.22. The van der Waals surface area contributed by atoms with Gasteiger partial charge in [0.1, 0.15) is 0 Å². The van der Waals surface area contributed by atoms with Crippen molar-refractivity contribution in [1.29, 1.82) is 0 Å². The first-order chi connectivity index (χ1) is 15.5. The number of carbonyl (C=O) groups excluding carboxylic acids is 3. The third-order valence-electron chi connectivity index (χ3n) is 4.75. The summed E-state index contributed by atoms with van der Waals surface area (Å²) in [5.74, 6) is -0.481. The van der Waals surface area contributed by atoms with Crippen LogP contribution >= 0.6 is 11.5 Å². The number of esters is 1. The summed E-state index contributed by atoms with van der Waals surface area (Å²) in [6.45, 7) is 5.43. The van der Waals surface area contributed by atoms with Crippen molar-refractivity contribution in [3.63, 3.8) is 0 Å². The van der Waals surface area contributed by atoms with E-state index in [1.807, 2.05) is 6.92 Å². The van der Waals surface area contributed by atoms with Crippen LogP contribution in [-0.4, -0.2) is 65.2 Å². The highest BCUT2D eigenvalue weighted by molar-refractivity contribution is 7.10. The van der Waals surface area contributed by atoms with Crippen molar-refractivity contribution >= 4 is 34.3 Å². The van der Waals surface area contributed by atoms with Crippen LogP contribution in [0.4, 0.5) is 5.00 Å². The Kier molecular flexibility index (Phi) is 8.37. The van der Waals surface area contributed by atoms with Crippen LogP contribution in [0.25, 0.3) is 0 Å². The number of hydrogen-bond acceptors (Lipinski definition) is 9. The summed E-state index contributed by atoms with van der Waals surface area (Å²) in [7, 11) is 0. The van der Waals surface area contributed by atoms with Crippen molar-refractivity contribution in [1.82, 2.24) is 14.5 Å². The molecule has 3 rings (SSSR count). The normalized spacial score (nSPS) is 13.4. The Bertz CT molecular complexity index is 958. The predicted octanol–water partition coefficient (Wildman–Crippen LogP) is 2.76. The molecule has 1 saturated heterocycles. The third-order valence-corrected chi connectivity index (χ3v) is 5.39. The number of carbonyl (C=O) groups is 3. The summed E-state index contributed by atoms with van der Waals surface area (Å²) >= 11 is 0.877. The van der Waals surface area contributed by atoms with Gasteiger partial charge in [0.2, 0.25) is 5.69 Å². The van der Waals surface area contributed by atoms with Crippen molar-refractivity contribution < 1.29 is 28.6 Å². The van der Waals surface area contributed by atoms with E-state index < -0.39 is 11.9 Å². The maximum Gasteiger partial charge on any atom is 0.362 e. The zero-order valence-electron chi connectivity index (χ0n) is 18.1. The van der Waals surface area contributed by atoms with Crippen LogP contribution in [-0.2, 0) is 9.53 Å². The van der Waals surface area contributed by atoms with E-state index in [4.69, 9.17) is 14.2 Å². The summed E-state index contributed by atoms with van der Waals surface area (Å²) < 4.78 is 19.9. The van der Waals surface area contributed by atoms with Crippen LogP contribution in [0, 0.1) is 0 Å². The number of hydrogen-bond donors (Lipinski definition) is 1. The minimum Gasteiger partial charge on any atom is -0.490 e. The van der Waals surface area contributed by atoms with Crippen LogP contribution < -0.4 is 14.8 Å². The molecule has 1 fully saturated rings. The van der Waals surface area contributed by atoms with Gasteiger partial charge in [-0.15, -0.1) is 5.10 Å². The van der Waals surface area contributed by atoms with Crippen LogP contribution in [0.2, 0.25) is 0 Å². The lowest BCUT2D eigenvalue weighted by Gasteiger charge is -2.26. The summed E-state index contributed by atoms with van der Waals surface area (Å²) in [4.78, 5) is 38.8. The molecule has 0 bridgehead atoms. The molecule has 0 spiro atoms. The van der Waals surface area contributed by atoms with Gasteiger partial charge in [0.25, 0.3) is 11.8 Å². The first-order valence-electron chi connectivity index (χ1n) is 10.5. The van der Waals surface area contributed by atoms with Gasteiger partial charge in [-0.05, 0) is 51.3 Å². The SMILES string of the molecule is CCOC(=O)c1nnsc1NC(=O)c1ccc(OCC(=O)N2CCCCC2)c(OCC)c1. The zero-order valence-corrected chi connectivity index (χ0v) is 18.9. The van der Waals surface area contributed by atoms with E-state index in [0.29, 0.717) is 18.1 Å². The second-order valence-corrected chi connectivity index (χ2v) is 7.70. The van der Waals surface area contributed by atoms with Gasteiger partial charge in [0.05, 0.1) is 13.2 Å². The molecular formula is C21H26N4O6S. The van der Waals surface area contributed by atoms with Gasteiger partial charge in [-0.1, -0.05) is 4.49 Å². The fourth-order valence-corrected chi connectivity index (χ4v) is 3.75. The molecular weight excluding hydrogens is 436 g/mol. The molecule has 32 heavy (non-hydrogen) atoms. The van der Waals surface area contributed by atoms with Crippen molar-refractivity contribution in [2.24, 2.45) is 0 Å². The first kappa shape index (κ1) is 23.5. The van der Waals surface area contributed by atoms with Gasteiger partial charge in [0, 0.05) is 30.2 Å². The number of anilines is 1. The van der Waals surface area contributed by atoms with Gasteiger partial charge in [-0.2, -0.15) is 0 Å². The molecule has 1 aliphatic heterocycles. The lowest BCUT2D eigenvalue weighted by atomic mass is 10.1. The maximum absolute atomic E-state index is 12.7. The lowest BCUT2D eigenvalue weighted by molar-refractivity contribution is -0.134. The third kappa shape index (κ3) is 5.94. The number of amides is 2. The van der Waals surface area contributed by atoms with Crippen molar-refractivity contribution in [2.45, 2.75) is 33.1 Å². The summed E-state index contributed by atoms with van der Waals surface area (Å²) in [6, 6.07) is 4.66. The van der Waals surface area contributed by atoms with Gasteiger partial charge in [0.15, 0.2) is 23.1 Å². The number of ether oxygens (including phenoxy) is 3. The molecule has 10 nitrogen and oxygen atoms in total. The van der Waals surface area contributed by atoms with E-state index in [1.54, 1.807) is 24.0 Å². The van der Waals surface area contributed by atoms with Gasteiger partial charge in [-0.3, -0.25) is 9.59 Å². The molecule has 0 unspecified atom stereocenters. The quantitative estimate of drug-likeness (QED) is 0.565. The van der Waals surface area contributed by atoms with Crippen LogP contribution in [0.1, 0.15) is 54.0 Å². The number of benzene rings is 1. The Morgan fingerprint density at radius 3 is 2.56 bits per heavy atom. The number of nitrogens with zero attached hydrogens (tertiary/aromatic N) is 3. The Labute approximate surface area is 190 Å². The standard InChI is InChI=1S/C21H26N4O6S/c1-3-29-16-12-14(19(27)22-20-18(23-24-32-20)21(28)30-4-2)8-9-15(16)31-13-17(26)25-10-6-5-7-11-25/h8-9,12H,3-7,10-11,13H2,1-2H3,(H,22,27). The van der Waals surface area contributed by atoms with E-state index in [9.17, 15) is 14.4 Å².